The molecule has 0 radical (unpaired) electrons. The molecule has 0 saturated heterocycles. The number of benzene rings is 2. The van der Waals surface area contributed by atoms with Crippen molar-refractivity contribution in [3.05, 3.63) is 58.6 Å². The predicted octanol–water partition coefficient (Wildman–Crippen LogP) is 3.63. The topological polar surface area (TPSA) is 72.5 Å². The van der Waals surface area contributed by atoms with Gasteiger partial charge in [0.1, 0.15) is 0 Å². The fourth-order valence-electron chi connectivity index (χ4n) is 1.86. The Morgan fingerprint density at radius 1 is 1.17 bits per heavy atom. The van der Waals surface area contributed by atoms with Crippen LogP contribution in [0.3, 0.4) is 0 Å². The fraction of sp³-hybridized carbons (Fsp3) is 0.188. The third kappa shape index (κ3) is 4.24. The Bertz CT molecular complexity index is 816. The molecule has 2 aromatic rings. The number of ether oxygens (including phenoxy) is 1. The van der Waals surface area contributed by atoms with Gasteiger partial charge in [0.15, 0.2) is 0 Å². The van der Waals surface area contributed by atoms with Crippen LogP contribution in [0, 0.1) is 6.92 Å². The van der Waals surface area contributed by atoms with Crippen molar-refractivity contribution in [1.82, 2.24) is 0 Å². The Hall–Kier alpha value is -2.05. The van der Waals surface area contributed by atoms with Gasteiger partial charge in [-0.25, -0.2) is 13.2 Å². The van der Waals surface area contributed by atoms with Gasteiger partial charge in [-0.05, 0) is 55.8 Å². The molecule has 0 bridgehead atoms. The minimum Gasteiger partial charge on any atom is -0.462 e. The highest BCUT2D eigenvalue weighted by molar-refractivity contribution is 7.92. The molecule has 0 heterocycles. The maximum Gasteiger partial charge on any atom is 0.338 e. The third-order valence-corrected chi connectivity index (χ3v) is 4.90. The SMILES string of the molecule is CCOC(=O)c1ccc(S(=O)(=O)Nc2ccc(C)c(Cl)c2)cc1. The molecule has 2 rings (SSSR count). The largest absolute Gasteiger partial charge is 0.462 e. The monoisotopic (exact) mass is 353 g/mol. The van der Waals surface area contributed by atoms with E-state index in [2.05, 4.69) is 4.72 Å². The van der Waals surface area contributed by atoms with Crippen molar-refractivity contribution in [2.45, 2.75) is 18.7 Å². The lowest BCUT2D eigenvalue weighted by molar-refractivity contribution is 0.0526. The standard InChI is InChI=1S/C16H16ClNO4S/c1-3-22-16(19)12-5-8-14(9-6-12)23(20,21)18-13-7-4-11(2)15(17)10-13/h4-10,18H,3H2,1-2H3. The van der Waals surface area contributed by atoms with Crippen LogP contribution in [0.25, 0.3) is 0 Å². The molecule has 0 aromatic heterocycles. The highest BCUT2D eigenvalue weighted by Crippen LogP contribution is 2.22. The summed E-state index contributed by atoms with van der Waals surface area (Å²) in [6.07, 6.45) is 0. The van der Waals surface area contributed by atoms with Crippen LogP contribution in [-0.2, 0) is 14.8 Å². The van der Waals surface area contributed by atoms with E-state index in [4.69, 9.17) is 16.3 Å². The Morgan fingerprint density at radius 3 is 2.39 bits per heavy atom. The molecule has 0 unspecified atom stereocenters. The normalized spacial score (nSPS) is 11.1. The first-order valence-corrected chi connectivity index (χ1v) is 8.76. The summed E-state index contributed by atoms with van der Waals surface area (Å²) >= 11 is 5.99. The van der Waals surface area contributed by atoms with Gasteiger partial charge in [-0.1, -0.05) is 17.7 Å². The van der Waals surface area contributed by atoms with Crippen LogP contribution in [-0.4, -0.2) is 21.0 Å². The van der Waals surface area contributed by atoms with Gasteiger partial charge in [0.2, 0.25) is 0 Å². The lowest BCUT2D eigenvalue weighted by Crippen LogP contribution is -2.13. The van der Waals surface area contributed by atoms with Crippen molar-refractivity contribution in [3.63, 3.8) is 0 Å². The summed E-state index contributed by atoms with van der Waals surface area (Å²) in [5.41, 5.74) is 1.52. The molecule has 1 N–H and O–H groups in total. The first-order chi connectivity index (χ1) is 10.8. The lowest BCUT2D eigenvalue weighted by Gasteiger charge is -2.10. The third-order valence-electron chi connectivity index (χ3n) is 3.10. The fourth-order valence-corrected chi connectivity index (χ4v) is 3.09. The van der Waals surface area contributed by atoms with E-state index in [1.807, 2.05) is 6.92 Å². The van der Waals surface area contributed by atoms with E-state index in [9.17, 15) is 13.2 Å². The number of carbonyl (C=O) groups is 1. The summed E-state index contributed by atoms with van der Waals surface area (Å²) < 4.78 is 32.0. The number of nitrogens with one attached hydrogen (secondary N) is 1. The second kappa shape index (κ2) is 7.02. The van der Waals surface area contributed by atoms with Crippen LogP contribution in [0.2, 0.25) is 5.02 Å². The van der Waals surface area contributed by atoms with Crippen LogP contribution in [0.15, 0.2) is 47.4 Å². The number of rotatable bonds is 5. The maximum atomic E-state index is 12.3. The zero-order valence-electron chi connectivity index (χ0n) is 12.7. The van der Waals surface area contributed by atoms with Gasteiger partial charge in [0, 0.05) is 5.02 Å². The van der Waals surface area contributed by atoms with E-state index in [1.165, 1.54) is 24.3 Å². The summed E-state index contributed by atoms with van der Waals surface area (Å²) in [7, 11) is -3.76. The molecule has 0 fully saturated rings. The van der Waals surface area contributed by atoms with Crippen LogP contribution < -0.4 is 4.72 Å². The van der Waals surface area contributed by atoms with Gasteiger partial charge < -0.3 is 4.74 Å². The first kappa shape index (κ1) is 17.3. The number of halogens is 1. The zero-order chi connectivity index (χ0) is 17.0. The Morgan fingerprint density at radius 2 is 1.83 bits per heavy atom. The van der Waals surface area contributed by atoms with Crippen LogP contribution in [0.5, 0.6) is 0 Å². The molecule has 0 atom stereocenters. The summed E-state index contributed by atoms with van der Waals surface area (Å²) in [4.78, 5) is 11.6. The van der Waals surface area contributed by atoms with Crippen molar-refractivity contribution in [2.75, 3.05) is 11.3 Å². The van der Waals surface area contributed by atoms with Crippen LogP contribution in [0.4, 0.5) is 5.69 Å². The van der Waals surface area contributed by atoms with Gasteiger partial charge in [0.25, 0.3) is 10.0 Å². The molecule has 23 heavy (non-hydrogen) atoms. The summed E-state index contributed by atoms with van der Waals surface area (Å²) in [5, 5.41) is 0.475. The minimum absolute atomic E-state index is 0.0437. The highest BCUT2D eigenvalue weighted by Gasteiger charge is 2.16. The highest BCUT2D eigenvalue weighted by atomic mass is 35.5. The van der Waals surface area contributed by atoms with Crippen molar-refractivity contribution in [1.29, 1.82) is 0 Å². The lowest BCUT2D eigenvalue weighted by atomic mass is 10.2. The maximum absolute atomic E-state index is 12.3. The second-order valence-corrected chi connectivity index (χ2v) is 6.90. The average Bonchev–Trinajstić information content (AvgIpc) is 2.51. The molecule has 0 aliphatic rings. The van der Waals surface area contributed by atoms with E-state index in [0.29, 0.717) is 16.3 Å². The molecule has 122 valence electrons. The number of carbonyl (C=O) groups excluding carboxylic acids is 1. The molecular weight excluding hydrogens is 338 g/mol. The quantitative estimate of drug-likeness (QED) is 0.833. The molecular formula is C16H16ClNO4S. The van der Waals surface area contributed by atoms with Gasteiger partial charge in [-0.3, -0.25) is 4.72 Å². The molecule has 0 saturated carbocycles. The predicted molar refractivity (Wildman–Crippen MR) is 89.4 cm³/mol. The van der Waals surface area contributed by atoms with Crippen LogP contribution >= 0.6 is 11.6 Å². The molecule has 0 spiro atoms. The summed E-state index contributed by atoms with van der Waals surface area (Å²) in [5.74, 6) is -0.491. The summed E-state index contributed by atoms with van der Waals surface area (Å²) in [6, 6.07) is 10.4. The summed E-state index contributed by atoms with van der Waals surface area (Å²) in [6.45, 7) is 3.79. The molecule has 2 aromatic carbocycles. The molecule has 0 aliphatic heterocycles. The van der Waals surface area contributed by atoms with Crippen molar-refractivity contribution in [2.24, 2.45) is 0 Å². The van der Waals surface area contributed by atoms with Crippen molar-refractivity contribution >= 4 is 33.3 Å². The van der Waals surface area contributed by atoms with Gasteiger partial charge >= 0.3 is 5.97 Å². The van der Waals surface area contributed by atoms with E-state index < -0.39 is 16.0 Å². The number of sulfonamides is 1. The minimum atomic E-state index is -3.76. The number of hydrogen-bond acceptors (Lipinski definition) is 4. The number of esters is 1. The molecule has 0 aliphatic carbocycles. The van der Waals surface area contributed by atoms with E-state index >= 15 is 0 Å². The van der Waals surface area contributed by atoms with Gasteiger partial charge in [0.05, 0.1) is 22.8 Å². The van der Waals surface area contributed by atoms with Crippen molar-refractivity contribution in [3.8, 4) is 0 Å². The average molecular weight is 354 g/mol. The number of aryl methyl sites for hydroxylation is 1. The molecule has 5 nitrogen and oxygen atoms in total. The smallest absolute Gasteiger partial charge is 0.338 e. The van der Waals surface area contributed by atoms with Crippen molar-refractivity contribution < 1.29 is 17.9 Å². The zero-order valence-corrected chi connectivity index (χ0v) is 14.2. The van der Waals surface area contributed by atoms with Gasteiger partial charge in [-0.2, -0.15) is 0 Å². The Labute approximate surface area is 140 Å². The Kier molecular flexibility index (Phi) is 5.28. The van der Waals surface area contributed by atoms with E-state index in [0.717, 1.165) is 5.56 Å². The molecule has 0 amide bonds. The van der Waals surface area contributed by atoms with Crippen LogP contribution in [0.1, 0.15) is 22.8 Å². The molecule has 7 heteroatoms. The first-order valence-electron chi connectivity index (χ1n) is 6.89. The second-order valence-electron chi connectivity index (χ2n) is 4.81. The van der Waals surface area contributed by atoms with E-state index in [-0.39, 0.29) is 11.5 Å². The number of hydrogen-bond donors (Lipinski definition) is 1. The number of anilines is 1. The van der Waals surface area contributed by atoms with E-state index in [1.54, 1.807) is 25.1 Å². The Balaban J connectivity index is 2.22. The van der Waals surface area contributed by atoms with Gasteiger partial charge in [-0.15, -0.1) is 0 Å².